The Morgan fingerprint density at radius 2 is 1.92 bits per heavy atom. The van der Waals surface area contributed by atoms with Crippen molar-refractivity contribution >= 4 is 28.7 Å². The minimum absolute atomic E-state index is 0.272. The van der Waals surface area contributed by atoms with E-state index in [4.69, 9.17) is 11.0 Å². The number of imidazole rings is 1. The number of aromatic amines is 1. The summed E-state index contributed by atoms with van der Waals surface area (Å²) in [5, 5.41) is 8.93. The molecular formula is C15H15N9. The van der Waals surface area contributed by atoms with E-state index in [1.165, 1.54) is 6.33 Å². The van der Waals surface area contributed by atoms with Crippen LogP contribution in [0.5, 0.6) is 0 Å². The fraction of sp³-hybridized carbons (Fsp3) is 0.267. The molecule has 0 unspecified atom stereocenters. The van der Waals surface area contributed by atoms with Crippen LogP contribution < -0.4 is 15.5 Å². The maximum absolute atomic E-state index is 8.93. The zero-order chi connectivity index (χ0) is 16.5. The second-order valence-electron chi connectivity index (χ2n) is 5.51. The first kappa shape index (κ1) is 14.2. The third-order valence-electron chi connectivity index (χ3n) is 4.08. The standard InChI is InChI=1S/C15H15N9/c16-7-10-1-2-12(21-13(10)17)23-3-5-24(6-4-23)15-20-11-8-18-9-19-14(11)22-15/h1-2,8-9H,3-6H2,(H2,17,21)(H,18,19,20,22). The lowest BCUT2D eigenvalue weighted by atomic mass is 10.2. The minimum Gasteiger partial charge on any atom is -0.383 e. The number of hydrogen-bond acceptors (Lipinski definition) is 8. The van der Waals surface area contributed by atoms with E-state index in [0.29, 0.717) is 11.2 Å². The highest BCUT2D eigenvalue weighted by Crippen LogP contribution is 2.20. The number of nitrogens with zero attached hydrogens (tertiary/aromatic N) is 7. The molecule has 120 valence electrons. The van der Waals surface area contributed by atoms with Gasteiger partial charge in [0.15, 0.2) is 5.65 Å². The molecule has 4 rings (SSSR count). The van der Waals surface area contributed by atoms with Crippen LogP contribution in [0, 0.1) is 11.3 Å². The predicted octanol–water partition coefficient (Wildman–Crippen LogP) is 0.528. The van der Waals surface area contributed by atoms with Crippen LogP contribution in [0.2, 0.25) is 0 Å². The van der Waals surface area contributed by atoms with Gasteiger partial charge in [0, 0.05) is 26.2 Å². The number of aromatic nitrogens is 5. The normalized spacial score (nSPS) is 14.8. The van der Waals surface area contributed by atoms with Gasteiger partial charge in [0.25, 0.3) is 0 Å². The summed E-state index contributed by atoms with van der Waals surface area (Å²) >= 11 is 0. The largest absolute Gasteiger partial charge is 0.383 e. The Balaban J connectivity index is 1.48. The maximum Gasteiger partial charge on any atom is 0.205 e. The topological polar surface area (TPSA) is 124 Å². The van der Waals surface area contributed by atoms with Gasteiger partial charge in [0.1, 0.15) is 29.5 Å². The van der Waals surface area contributed by atoms with Crippen molar-refractivity contribution in [3.63, 3.8) is 0 Å². The smallest absolute Gasteiger partial charge is 0.205 e. The maximum atomic E-state index is 8.93. The summed E-state index contributed by atoms with van der Waals surface area (Å²) in [6.45, 7) is 3.19. The highest BCUT2D eigenvalue weighted by Gasteiger charge is 2.21. The van der Waals surface area contributed by atoms with Crippen LogP contribution in [-0.4, -0.2) is 51.1 Å². The number of piperazine rings is 1. The van der Waals surface area contributed by atoms with Gasteiger partial charge >= 0.3 is 0 Å². The first-order valence-electron chi connectivity index (χ1n) is 7.57. The van der Waals surface area contributed by atoms with Crippen molar-refractivity contribution in [2.45, 2.75) is 0 Å². The van der Waals surface area contributed by atoms with Crippen molar-refractivity contribution in [2.24, 2.45) is 0 Å². The summed E-state index contributed by atoms with van der Waals surface area (Å²) in [7, 11) is 0. The van der Waals surface area contributed by atoms with Gasteiger partial charge < -0.3 is 20.5 Å². The van der Waals surface area contributed by atoms with Gasteiger partial charge in [-0.3, -0.25) is 0 Å². The first-order chi connectivity index (χ1) is 11.7. The van der Waals surface area contributed by atoms with Crippen LogP contribution >= 0.6 is 0 Å². The molecule has 3 N–H and O–H groups in total. The molecule has 0 saturated carbocycles. The number of pyridine rings is 1. The second kappa shape index (κ2) is 5.66. The second-order valence-corrected chi connectivity index (χ2v) is 5.51. The van der Waals surface area contributed by atoms with E-state index in [2.05, 4.69) is 34.7 Å². The molecule has 1 aliphatic rings. The number of anilines is 3. The number of H-pyrrole nitrogens is 1. The van der Waals surface area contributed by atoms with Crippen LogP contribution in [0.25, 0.3) is 11.2 Å². The highest BCUT2D eigenvalue weighted by molar-refractivity contribution is 5.72. The third kappa shape index (κ3) is 2.44. The third-order valence-corrected chi connectivity index (χ3v) is 4.08. The van der Waals surface area contributed by atoms with Crippen LogP contribution in [0.3, 0.4) is 0 Å². The summed E-state index contributed by atoms with van der Waals surface area (Å²) in [5.41, 5.74) is 7.71. The molecule has 9 heteroatoms. The highest BCUT2D eigenvalue weighted by atomic mass is 15.3. The molecule has 9 nitrogen and oxygen atoms in total. The summed E-state index contributed by atoms with van der Waals surface area (Å²) in [6.07, 6.45) is 3.21. The molecule has 0 bridgehead atoms. The molecule has 0 aromatic carbocycles. The van der Waals surface area contributed by atoms with Crippen LogP contribution in [-0.2, 0) is 0 Å². The number of nitrogens with one attached hydrogen (secondary N) is 1. The monoisotopic (exact) mass is 321 g/mol. The fourth-order valence-electron chi connectivity index (χ4n) is 2.78. The van der Waals surface area contributed by atoms with E-state index in [1.54, 1.807) is 12.3 Å². The zero-order valence-corrected chi connectivity index (χ0v) is 12.8. The average Bonchev–Trinajstić information content (AvgIpc) is 3.06. The molecule has 1 aliphatic heterocycles. The van der Waals surface area contributed by atoms with Crippen molar-refractivity contribution < 1.29 is 0 Å². The van der Waals surface area contributed by atoms with Gasteiger partial charge in [-0.2, -0.15) is 10.2 Å². The summed E-state index contributed by atoms with van der Waals surface area (Å²) in [6, 6.07) is 5.57. The molecule has 1 saturated heterocycles. The Kier molecular flexibility index (Phi) is 3.35. The molecule has 0 amide bonds. The Morgan fingerprint density at radius 1 is 1.12 bits per heavy atom. The van der Waals surface area contributed by atoms with Crippen LogP contribution in [0.1, 0.15) is 5.56 Å². The van der Waals surface area contributed by atoms with Crippen molar-refractivity contribution in [3.8, 4) is 6.07 Å². The number of nitrogens with two attached hydrogens (primary N) is 1. The zero-order valence-electron chi connectivity index (χ0n) is 12.8. The average molecular weight is 321 g/mol. The van der Waals surface area contributed by atoms with E-state index in [-0.39, 0.29) is 5.82 Å². The molecule has 1 fully saturated rings. The molecule has 24 heavy (non-hydrogen) atoms. The van der Waals surface area contributed by atoms with Gasteiger partial charge in [-0.25, -0.2) is 15.0 Å². The summed E-state index contributed by atoms with van der Waals surface area (Å²) in [5.74, 6) is 1.87. The van der Waals surface area contributed by atoms with E-state index in [9.17, 15) is 0 Å². The Bertz CT molecular complexity index is 885. The number of nitrogen functional groups attached to an aromatic ring is 1. The van der Waals surface area contributed by atoms with Gasteiger partial charge in [-0.05, 0) is 12.1 Å². The van der Waals surface area contributed by atoms with Crippen molar-refractivity contribution in [1.82, 2.24) is 24.9 Å². The fourth-order valence-corrected chi connectivity index (χ4v) is 2.78. The van der Waals surface area contributed by atoms with E-state index >= 15 is 0 Å². The predicted molar refractivity (Wildman–Crippen MR) is 89.5 cm³/mol. The van der Waals surface area contributed by atoms with Crippen LogP contribution in [0.4, 0.5) is 17.6 Å². The number of fused-ring (bicyclic) bond motifs is 1. The number of rotatable bonds is 2. The molecule has 3 aromatic rings. The molecule has 0 radical (unpaired) electrons. The Morgan fingerprint density at radius 3 is 2.62 bits per heavy atom. The summed E-state index contributed by atoms with van der Waals surface area (Å²) < 4.78 is 0. The van der Waals surface area contributed by atoms with Crippen LogP contribution in [0.15, 0.2) is 24.7 Å². The van der Waals surface area contributed by atoms with Gasteiger partial charge in [0.2, 0.25) is 5.95 Å². The van der Waals surface area contributed by atoms with E-state index in [0.717, 1.165) is 43.5 Å². The van der Waals surface area contributed by atoms with E-state index in [1.807, 2.05) is 12.1 Å². The van der Waals surface area contributed by atoms with Crippen molar-refractivity contribution in [2.75, 3.05) is 41.7 Å². The summed E-state index contributed by atoms with van der Waals surface area (Å²) in [4.78, 5) is 24.5. The molecular weight excluding hydrogens is 306 g/mol. The molecule has 0 atom stereocenters. The van der Waals surface area contributed by atoms with Crippen molar-refractivity contribution in [1.29, 1.82) is 5.26 Å². The Hall–Kier alpha value is -3.41. The lowest BCUT2D eigenvalue weighted by Gasteiger charge is -2.35. The molecule has 0 aliphatic carbocycles. The van der Waals surface area contributed by atoms with Gasteiger partial charge in [-0.1, -0.05) is 0 Å². The molecule has 3 aromatic heterocycles. The van der Waals surface area contributed by atoms with E-state index < -0.39 is 0 Å². The van der Waals surface area contributed by atoms with Gasteiger partial charge in [-0.15, -0.1) is 0 Å². The Labute approximate surface area is 137 Å². The quantitative estimate of drug-likeness (QED) is 0.700. The molecule has 0 spiro atoms. The first-order valence-corrected chi connectivity index (χ1v) is 7.57. The minimum atomic E-state index is 0.272. The number of hydrogen-bond donors (Lipinski definition) is 2. The number of nitriles is 1. The SMILES string of the molecule is N#Cc1ccc(N2CCN(c3nc4ncncc4[nH]3)CC2)nc1N. The van der Waals surface area contributed by atoms with Crippen molar-refractivity contribution in [3.05, 3.63) is 30.2 Å². The lowest BCUT2D eigenvalue weighted by molar-refractivity contribution is 0.638. The van der Waals surface area contributed by atoms with Gasteiger partial charge in [0.05, 0.1) is 11.8 Å². The lowest BCUT2D eigenvalue weighted by Crippen LogP contribution is -2.47. The molecule has 4 heterocycles.